The van der Waals surface area contributed by atoms with Crippen LogP contribution in [0.1, 0.15) is 30.4 Å². The number of sulfonamides is 1. The van der Waals surface area contributed by atoms with Crippen molar-refractivity contribution >= 4 is 21.6 Å². The first-order valence-electron chi connectivity index (χ1n) is 8.32. The lowest BCUT2D eigenvalue weighted by molar-refractivity contribution is 0.398. The first kappa shape index (κ1) is 17.5. The number of aryl methyl sites for hydroxylation is 1. The second-order valence-corrected chi connectivity index (χ2v) is 8.47. The highest BCUT2D eigenvalue weighted by molar-refractivity contribution is 7.89. The zero-order valence-corrected chi connectivity index (χ0v) is 15.1. The van der Waals surface area contributed by atoms with Crippen LogP contribution in [0.3, 0.4) is 0 Å². The smallest absolute Gasteiger partial charge is 0.207 e. The van der Waals surface area contributed by atoms with Crippen LogP contribution in [0.4, 0.5) is 0 Å². The zero-order chi connectivity index (χ0) is 17.0. The first-order chi connectivity index (χ1) is 11.6. The Kier molecular flexibility index (Phi) is 5.59. The third-order valence-electron chi connectivity index (χ3n) is 4.26. The Balaban J connectivity index is 1.81. The number of hydrogen-bond acceptors (Lipinski definition) is 2. The summed E-state index contributed by atoms with van der Waals surface area (Å²) in [5.41, 5.74) is 2.14. The normalized spacial score (nSPS) is 14.9. The first-order valence-corrected chi connectivity index (χ1v) is 10.3. The predicted molar refractivity (Wildman–Crippen MR) is 97.7 cm³/mol. The standard InChI is InChI=1S/C19H22ClNO2S/c20-14-4-7-16-8-12-19(13-9-16)24(22,23)21(18-10-11-18)15-17-5-2-1-3-6-17/h1-3,5-6,8-9,12-13,18H,4,7,10-11,14-15H2. The summed E-state index contributed by atoms with van der Waals surface area (Å²) in [4.78, 5) is 0.375. The molecule has 0 N–H and O–H groups in total. The molecule has 0 aromatic heterocycles. The van der Waals surface area contributed by atoms with Gasteiger partial charge in [0.05, 0.1) is 4.90 Å². The Morgan fingerprint density at radius 2 is 1.62 bits per heavy atom. The van der Waals surface area contributed by atoms with Gasteiger partial charge < -0.3 is 0 Å². The largest absolute Gasteiger partial charge is 0.243 e. The number of halogens is 1. The van der Waals surface area contributed by atoms with Gasteiger partial charge in [-0.3, -0.25) is 0 Å². The van der Waals surface area contributed by atoms with Crippen LogP contribution in [-0.4, -0.2) is 24.6 Å². The third kappa shape index (κ3) is 4.18. The maximum Gasteiger partial charge on any atom is 0.243 e. The lowest BCUT2D eigenvalue weighted by atomic mass is 10.1. The Labute approximate surface area is 149 Å². The van der Waals surface area contributed by atoms with Gasteiger partial charge in [-0.15, -0.1) is 11.6 Å². The molecule has 0 radical (unpaired) electrons. The van der Waals surface area contributed by atoms with E-state index in [2.05, 4.69) is 0 Å². The fourth-order valence-electron chi connectivity index (χ4n) is 2.77. The van der Waals surface area contributed by atoms with Crippen LogP contribution in [0, 0.1) is 0 Å². The molecular formula is C19H22ClNO2S. The van der Waals surface area contributed by atoms with Crippen molar-refractivity contribution < 1.29 is 8.42 Å². The van der Waals surface area contributed by atoms with Gasteiger partial charge in [-0.05, 0) is 48.9 Å². The van der Waals surface area contributed by atoms with Gasteiger partial charge in [0, 0.05) is 18.5 Å². The summed E-state index contributed by atoms with van der Waals surface area (Å²) in [6.45, 7) is 0.432. The van der Waals surface area contributed by atoms with Gasteiger partial charge in [0.25, 0.3) is 0 Å². The summed E-state index contributed by atoms with van der Waals surface area (Å²) in [5, 5.41) is 0. The van der Waals surface area contributed by atoms with E-state index in [0.29, 0.717) is 17.3 Å². The Bertz CT molecular complexity index is 756. The maximum atomic E-state index is 13.0. The number of benzene rings is 2. The third-order valence-corrected chi connectivity index (χ3v) is 6.44. The van der Waals surface area contributed by atoms with E-state index in [1.807, 2.05) is 42.5 Å². The van der Waals surface area contributed by atoms with Crippen molar-refractivity contribution in [3.8, 4) is 0 Å². The average molecular weight is 364 g/mol. The molecule has 1 aliphatic carbocycles. The maximum absolute atomic E-state index is 13.0. The molecule has 0 spiro atoms. The van der Waals surface area contributed by atoms with Crippen LogP contribution in [-0.2, 0) is 23.0 Å². The van der Waals surface area contributed by atoms with Gasteiger partial charge in [-0.2, -0.15) is 4.31 Å². The highest BCUT2D eigenvalue weighted by Gasteiger charge is 2.37. The molecule has 0 atom stereocenters. The van der Waals surface area contributed by atoms with Crippen LogP contribution < -0.4 is 0 Å². The van der Waals surface area contributed by atoms with Gasteiger partial charge in [-0.1, -0.05) is 42.5 Å². The molecule has 0 heterocycles. The number of alkyl halides is 1. The SMILES string of the molecule is O=S(=O)(c1ccc(CCCCl)cc1)N(Cc1ccccc1)C1CC1. The van der Waals surface area contributed by atoms with Crippen molar-refractivity contribution in [2.24, 2.45) is 0 Å². The van der Waals surface area contributed by atoms with Crippen molar-refractivity contribution in [1.82, 2.24) is 4.31 Å². The second-order valence-electron chi connectivity index (χ2n) is 6.20. The molecule has 0 saturated heterocycles. The molecule has 0 aliphatic heterocycles. The minimum atomic E-state index is -3.47. The van der Waals surface area contributed by atoms with Crippen molar-refractivity contribution in [1.29, 1.82) is 0 Å². The van der Waals surface area contributed by atoms with E-state index < -0.39 is 10.0 Å². The quantitative estimate of drug-likeness (QED) is 0.659. The summed E-state index contributed by atoms with van der Waals surface area (Å²) in [7, 11) is -3.47. The van der Waals surface area contributed by atoms with E-state index in [1.54, 1.807) is 16.4 Å². The van der Waals surface area contributed by atoms with Crippen LogP contribution in [0.15, 0.2) is 59.5 Å². The van der Waals surface area contributed by atoms with Crippen molar-refractivity contribution in [3.63, 3.8) is 0 Å². The fraction of sp³-hybridized carbons (Fsp3) is 0.368. The molecule has 1 aliphatic rings. The molecule has 5 heteroatoms. The minimum absolute atomic E-state index is 0.131. The molecule has 1 saturated carbocycles. The molecule has 1 fully saturated rings. The predicted octanol–water partition coefficient (Wildman–Crippen LogP) is 4.21. The Morgan fingerprint density at radius 3 is 2.21 bits per heavy atom. The monoisotopic (exact) mass is 363 g/mol. The highest BCUT2D eigenvalue weighted by atomic mass is 35.5. The average Bonchev–Trinajstić information content (AvgIpc) is 3.44. The van der Waals surface area contributed by atoms with Crippen molar-refractivity contribution in [2.75, 3.05) is 5.88 Å². The minimum Gasteiger partial charge on any atom is -0.207 e. The molecule has 2 aromatic carbocycles. The van der Waals surface area contributed by atoms with E-state index in [-0.39, 0.29) is 6.04 Å². The molecule has 0 bridgehead atoms. The summed E-state index contributed by atoms with van der Waals surface area (Å²) in [6, 6.07) is 17.1. The van der Waals surface area contributed by atoms with Crippen LogP contribution >= 0.6 is 11.6 Å². The van der Waals surface area contributed by atoms with E-state index in [0.717, 1.165) is 36.8 Å². The molecule has 0 unspecified atom stereocenters. The van der Waals surface area contributed by atoms with Crippen LogP contribution in [0.25, 0.3) is 0 Å². The molecule has 0 amide bonds. The summed E-state index contributed by atoms with van der Waals surface area (Å²) in [6.07, 6.45) is 3.66. The molecule has 3 nitrogen and oxygen atoms in total. The van der Waals surface area contributed by atoms with Gasteiger partial charge in [0.15, 0.2) is 0 Å². The van der Waals surface area contributed by atoms with Gasteiger partial charge >= 0.3 is 0 Å². The highest BCUT2D eigenvalue weighted by Crippen LogP contribution is 2.33. The van der Waals surface area contributed by atoms with Gasteiger partial charge in [-0.25, -0.2) is 8.42 Å². The van der Waals surface area contributed by atoms with E-state index in [4.69, 9.17) is 11.6 Å². The topological polar surface area (TPSA) is 37.4 Å². The number of hydrogen-bond donors (Lipinski definition) is 0. The molecular weight excluding hydrogens is 342 g/mol. The lowest BCUT2D eigenvalue weighted by Gasteiger charge is -2.22. The summed E-state index contributed by atoms with van der Waals surface area (Å²) < 4.78 is 27.7. The summed E-state index contributed by atoms with van der Waals surface area (Å²) >= 11 is 5.71. The number of nitrogens with zero attached hydrogens (tertiary/aromatic N) is 1. The van der Waals surface area contributed by atoms with Gasteiger partial charge in [0.1, 0.15) is 0 Å². The van der Waals surface area contributed by atoms with E-state index in [9.17, 15) is 8.42 Å². The molecule has 128 valence electrons. The second kappa shape index (κ2) is 7.68. The lowest BCUT2D eigenvalue weighted by Crippen LogP contribution is -2.32. The van der Waals surface area contributed by atoms with Crippen LogP contribution in [0.2, 0.25) is 0 Å². The fourth-order valence-corrected chi connectivity index (χ4v) is 4.58. The van der Waals surface area contributed by atoms with E-state index >= 15 is 0 Å². The Hall–Kier alpha value is -1.36. The molecule has 3 rings (SSSR count). The zero-order valence-electron chi connectivity index (χ0n) is 13.6. The van der Waals surface area contributed by atoms with Crippen molar-refractivity contribution in [2.45, 2.75) is 43.2 Å². The Morgan fingerprint density at radius 1 is 0.958 bits per heavy atom. The van der Waals surface area contributed by atoms with E-state index in [1.165, 1.54) is 0 Å². The molecule has 24 heavy (non-hydrogen) atoms. The van der Waals surface area contributed by atoms with Crippen molar-refractivity contribution in [3.05, 3.63) is 65.7 Å². The molecule has 2 aromatic rings. The summed E-state index contributed by atoms with van der Waals surface area (Å²) in [5.74, 6) is 0.618. The number of rotatable bonds is 8. The van der Waals surface area contributed by atoms with Gasteiger partial charge in [0.2, 0.25) is 10.0 Å². The van der Waals surface area contributed by atoms with Crippen LogP contribution in [0.5, 0.6) is 0 Å².